The Balaban J connectivity index is 1.39. The number of ether oxygens (including phenoxy) is 1. The number of likely N-dealkylation sites (tertiary alicyclic amines) is 1. The lowest BCUT2D eigenvalue weighted by Gasteiger charge is -2.32. The van der Waals surface area contributed by atoms with Gasteiger partial charge in [0.15, 0.2) is 0 Å². The monoisotopic (exact) mass is 279 g/mol. The number of aliphatic hydroxyl groups excluding tert-OH is 1. The van der Waals surface area contributed by atoms with Crippen LogP contribution < -0.4 is 0 Å². The van der Waals surface area contributed by atoms with E-state index in [1.54, 1.807) is 6.26 Å². The van der Waals surface area contributed by atoms with Crippen molar-refractivity contribution in [1.82, 2.24) is 4.90 Å². The van der Waals surface area contributed by atoms with Gasteiger partial charge in [-0.2, -0.15) is 0 Å². The van der Waals surface area contributed by atoms with Gasteiger partial charge in [0, 0.05) is 12.6 Å². The number of fused-ring (bicyclic) bond motifs is 1. The minimum absolute atomic E-state index is 0.384. The molecule has 1 saturated heterocycles. The molecule has 4 heteroatoms. The Morgan fingerprint density at radius 3 is 3.10 bits per heavy atom. The smallest absolute Gasteiger partial charge is 0.129 e. The van der Waals surface area contributed by atoms with Crippen LogP contribution in [0.2, 0.25) is 0 Å². The average molecular weight is 279 g/mol. The maximum absolute atomic E-state index is 10.1. The van der Waals surface area contributed by atoms with Gasteiger partial charge in [0.25, 0.3) is 0 Å². The van der Waals surface area contributed by atoms with E-state index in [0.717, 1.165) is 24.8 Å². The van der Waals surface area contributed by atoms with Gasteiger partial charge >= 0.3 is 0 Å². The Labute approximate surface area is 120 Å². The molecular weight excluding hydrogens is 254 g/mol. The van der Waals surface area contributed by atoms with Gasteiger partial charge in [-0.3, -0.25) is 4.90 Å². The summed E-state index contributed by atoms with van der Waals surface area (Å²) >= 11 is 0. The van der Waals surface area contributed by atoms with Crippen LogP contribution in [0.15, 0.2) is 22.8 Å². The summed E-state index contributed by atoms with van der Waals surface area (Å²) in [6.07, 6.45) is 7.99. The zero-order chi connectivity index (χ0) is 13.8. The van der Waals surface area contributed by atoms with E-state index in [0.29, 0.717) is 19.3 Å². The number of furan rings is 1. The Morgan fingerprint density at radius 1 is 1.35 bits per heavy atom. The van der Waals surface area contributed by atoms with Crippen LogP contribution in [0.4, 0.5) is 0 Å². The fraction of sp³-hybridized carbons (Fsp3) is 0.750. The topological polar surface area (TPSA) is 45.8 Å². The van der Waals surface area contributed by atoms with Gasteiger partial charge < -0.3 is 14.3 Å². The molecule has 0 bridgehead atoms. The number of aliphatic hydroxyl groups is 1. The zero-order valence-corrected chi connectivity index (χ0v) is 12.0. The highest BCUT2D eigenvalue weighted by atomic mass is 16.5. The van der Waals surface area contributed by atoms with E-state index in [-0.39, 0.29) is 0 Å². The summed E-state index contributed by atoms with van der Waals surface area (Å²) in [5.41, 5.74) is 0. The molecule has 0 radical (unpaired) electrons. The third-order valence-electron chi connectivity index (χ3n) is 4.70. The second kappa shape index (κ2) is 6.74. The lowest BCUT2D eigenvalue weighted by molar-refractivity contribution is -0.0000169. The molecule has 1 aliphatic heterocycles. The minimum atomic E-state index is -0.398. The normalized spacial score (nSPS) is 28.4. The molecule has 3 atom stereocenters. The summed E-state index contributed by atoms with van der Waals surface area (Å²) in [7, 11) is 0. The first-order valence-corrected chi connectivity index (χ1v) is 7.85. The molecule has 2 aliphatic rings. The molecule has 1 N–H and O–H groups in total. The zero-order valence-electron chi connectivity index (χ0n) is 12.0. The summed E-state index contributed by atoms with van der Waals surface area (Å²) in [5, 5.41) is 10.1. The van der Waals surface area contributed by atoms with Crippen LogP contribution in [0.1, 0.15) is 37.9 Å². The summed E-state index contributed by atoms with van der Waals surface area (Å²) in [5.74, 6) is 1.69. The predicted octanol–water partition coefficient (Wildman–Crippen LogP) is 2.42. The Bertz CT molecular complexity index is 392. The quantitative estimate of drug-likeness (QED) is 0.868. The number of β-amino-alcohol motifs (C(OH)–C–C–N with tert-alkyl or cyclic N) is 1. The second-order valence-corrected chi connectivity index (χ2v) is 6.14. The molecule has 1 aromatic rings. The van der Waals surface area contributed by atoms with Crippen LogP contribution >= 0.6 is 0 Å². The average Bonchev–Trinajstić information content (AvgIpc) is 3.09. The van der Waals surface area contributed by atoms with Gasteiger partial charge in [-0.15, -0.1) is 0 Å². The number of nitrogens with zero attached hydrogens (tertiary/aromatic N) is 1. The van der Waals surface area contributed by atoms with Gasteiger partial charge in [0.1, 0.15) is 12.4 Å². The highest BCUT2D eigenvalue weighted by Crippen LogP contribution is 2.35. The van der Waals surface area contributed by atoms with Crippen LogP contribution in [0, 0.1) is 5.92 Å². The molecule has 1 aliphatic carbocycles. The molecule has 1 saturated carbocycles. The molecular formula is C16H25NO3. The maximum atomic E-state index is 10.1. The Kier molecular flexibility index (Phi) is 4.76. The molecule has 2 fully saturated rings. The summed E-state index contributed by atoms with van der Waals surface area (Å²) in [6, 6.07) is 4.45. The van der Waals surface area contributed by atoms with E-state index in [2.05, 4.69) is 4.90 Å². The van der Waals surface area contributed by atoms with E-state index in [9.17, 15) is 5.11 Å². The van der Waals surface area contributed by atoms with Crippen molar-refractivity contribution >= 4 is 0 Å². The predicted molar refractivity (Wildman–Crippen MR) is 76.3 cm³/mol. The van der Waals surface area contributed by atoms with Crippen molar-refractivity contribution in [2.75, 3.05) is 19.7 Å². The van der Waals surface area contributed by atoms with Gasteiger partial charge in [-0.1, -0.05) is 12.8 Å². The van der Waals surface area contributed by atoms with Crippen molar-refractivity contribution < 1.29 is 14.3 Å². The SMILES string of the molecule is OC(COCc1ccco1)CN1CCC2CCCCC21. The van der Waals surface area contributed by atoms with E-state index >= 15 is 0 Å². The summed E-state index contributed by atoms with van der Waals surface area (Å²) < 4.78 is 10.7. The van der Waals surface area contributed by atoms with Gasteiger partial charge in [0.2, 0.25) is 0 Å². The highest BCUT2D eigenvalue weighted by Gasteiger charge is 2.36. The standard InChI is InChI=1S/C16H25NO3/c18-14(11-19-12-15-5-3-9-20-15)10-17-8-7-13-4-1-2-6-16(13)17/h3,5,9,13-14,16,18H,1-2,4,6-8,10-12H2. The molecule has 4 nitrogen and oxygen atoms in total. The van der Waals surface area contributed by atoms with Crippen LogP contribution in [-0.2, 0) is 11.3 Å². The molecule has 0 aromatic carbocycles. The van der Waals surface area contributed by atoms with Crippen LogP contribution in [-0.4, -0.2) is 41.8 Å². The van der Waals surface area contributed by atoms with Crippen molar-refractivity contribution in [3.8, 4) is 0 Å². The van der Waals surface area contributed by atoms with Crippen LogP contribution in [0.25, 0.3) is 0 Å². The molecule has 0 amide bonds. The molecule has 1 aromatic heterocycles. The van der Waals surface area contributed by atoms with Gasteiger partial charge in [0.05, 0.1) is 19.0 Å². The third kappa shape index (κ3) is 3.43. The first kappa shape index (κ1) is 14.1. The highest BCUT2D eigenvalue weighted by molar-refractivity contribution is 4.96. The van der Waals surface area contributed by atoms with Crippen molar-refractivity contribution in [3.63, 3.8) is 0 Å². The summed E-state index contributed by atoms with van der Waals surface area (Å²) in [4.78, 5) is 2.48. The number of hydrogen-bond acceptors (Lipinski definition) is 4. The largest absolute Gasteiger partial charge is 0.467 e. The van der Waals surface area contributed by atoms with E-state index in [1.807, 2.05) is 12.1 Å². The molecule has 112 valence electrons. The summed E-state index contributed by atoms with van der Waals surface area (Å²) in [6.45, 7) is 2.72. The lowest BCUT2D eigenvalue weighted by atomic mass is 9.85. The van der Waals surface area contributed by atoms with Crippen molar-refractivity contribution in [3.05, 3.63) is 24.2 Å². The second-order valence-electron chi connectivity index (χ2n) is 6.14. The first-order valence-electron chi connectivity index (χ1n) is 7.85. The molecule has 3 unspecified atom stereocenters. The van der Waals surface area contributed by atoms with Gasteiger partial charge in [-0.05, 0) is 43.9 Å². The van der Waals surface area contributed by atoms with Crippen molar-refractivity contribution in [2.24, 2.45) is 5.92 Å². The van der Waals surface area contributed by atoms with E-state index in [1.165, 1.54) is 32.1 Å². The molecule has 3 rings (SSSR count). The first-order chi connectivity index (χ1) is 9.83. The third-order valence-corrected chi connectivity index (χ3v) is 4.70. The number of rotatable bonds is 6. The molecule has 2 heterocycles. The maximum Gasteiger partial charge on any atom is 0.129 e. The molecule has 20 heavy (non-hydrogen) atoms. The van der Waals surface area contributed by atoms with Crippen molar-refractivity contribution in [2.45, 2.75) is 50.9 Å². The Morgan fingerprint density at radius 2 is 2.25 bits per heavy atom. The number of hydrogen-bond donors (Lipinski definition) is 1. The fourth-order valence-electron chi connectivity index (χ4n) is 3.74. The Hall–Kier alpha value is -0.840. The molecule has 0 spiro atoms. The van der Waals surface area contributed by atoms with Crippen molar-refractivity contribution in [1.29, 1.82) is 0 Å². The van der Waals surface area contributed by atoms with E-state index in [4.69, 9.17) is 9.15 Å². The van der Waals surface area contributed by atoms with Gasteiger partial charge in [-0.25, -0.2) is 0 Å². The minimum Gasteiger partial charge on any atom is -0.467 e. The fourth-order valence-corrected chi connectivity index (χ4v) is 3.74. The van der Waals surface area contributed by atoms with E-state index < -0.39 is 6.10 Å². The lowest BCUT2D eigenvalue weighted by Crippen LogP contribution is -2.40. The van der Waals surface area contributed by atoms with Crippen LogP contribution in [0.5, 0.6) is 0 Å². The van der Waals surface area contributed by atoms with Crippen LogP contribution in [0.3, 0.4) is 0 Å².